The van der Waals surface area contributed by atoms with Crippen molar-refractivity contribution < 1.29 is 9.84 Å². The number of β-amino-alcohol motifs (C(OH)–C–C–N with tert-alkyl or cyclic N) is 1. The summed E-state index contributed by atoms with van der Waals surface area (Å²) in [5.41, 5.74) is 4.63. The van der Waals surface area contributed by atoms with E-state index in [9.17, 15) is 5.11 Å². The van der Waals surface area contributed by atoms with E-state index in [0.717, 1.165) is 49.7 Å². The molecule has 0 unspecified atom stereocenters. The highest BCUT2D eigenvalue weighted by atomic mass is 16.5. The fourth-order valence-electron chi connectivity index (χ4n) is 9.00. The van der Waals surface area contributed by atoms with Crippen LogP contribution in [0.1, 0.15) is 61.3 Å². The maximum absolute atomic E-state index is 10.8. The van der Waals surface area contributed by atoms with Crippen molar-refractivity contribution >= 4 is 0 Å². The maximum Gasteiger partial charge on any atom is 0.119 e. The van der Waals surface area contributed by atoms with Gasteiger partial charge in [-0.05, 0) is 90.5 Å². The second-order valence-corrected chi connectivity index (χ2v) is 13.2. The van der Waals surface area contributed by atoms with Crippen LogP contribution in [0.5, 0.6) is 5.75 Å². The zero-order valence-electron chi connectivity index (χ0n) is 23.7. The van der Waals surface area contributed by atoms with Gasteiger partial charge in [0, 0.05) is 32.7 Å². The van der Waals surface area contributed by atoms with Crippen LogP contribution in [0.25, 0.3) is 0 Å². The number of benzene rings is 3. The van der Waals surface area contributed by atoms with E-state index in [1.807, 2.05) is 0 Å². The molecule has 0 amide bonds. The molecule has 5 aliphatic rings. The minimum atomic E-state index is -0.492. The van der Waals surface area contributed by atoms with E-state index in [2.05, 4.69) is 94.7 Å². The second kappa shape index (κ2) is 11.3. The van der Waals surface area contributed by atoms with Crippen LogP contribution in [-0.4, -0.2) is 60.3 Å². The molecule has 0 spiro atoms. The summed E-state index contributed by atoms with van der Waals surface area (Å²) in [5, 5.41) is 10.8. The Bertz CT molecular complexity index is 1160. The van der Waals surface area contributed by atoms with Gasteiger partial charge in [-0.3, -0.25) is 9.80 Å². The number of hydrogen-bond donors (Lipinski definition) is 1. The average Bonchev–Trinajstić information content (AvgIpc) is 2.98. The van der Waals surface area contributed by atoms with Gasteiger partial charge in [0.05, 0.1) is 6.04 Å². The van der Waals surface area contributed by atoms with E-state index < -0.39 is 6.10 Å². The highest BCUT2D eigenvalue weighted by Gasteiger charge is 2.51. The largest absolute Gasteiger partial charge is 0.491 e. The summed E-state index contributed by atoms with van der Waals surface area (Å²) < 4.78 is 6.07. The Morgan fingerprint density at radius 3 is 1.75 bits per heavy atom. The lowest BCUT2D eigenvalue weighted by Gasteiger charge is -2.57. The number of ether oxygens (including phenoxy) is 1. The highest BCUT2D eigenvalue weighted by Crippen LogP contribution is 2.60. The summed E-state index contributed by atoms with van der Waals surface area (Å²) in [6.07, 6.45) is 8.12. The average molecular weight is 537 g/mol. The number of hydrogen-bond acceptors (Lipinski definition) is 4. The first-order chi connectivity index (χ1) is 19.6. The molecule has 3 aromatic carbocycles. The molecule has 4 aliphatic carbocycles. The minimum Gasteiger partial charge on any atom is -0.491 e. The maximum atomic E-state index is 10.8. The van der Waals surface area contributed by atoms with Gasteiger partial charge in [-0.15, -0.1) is 0 Å². The Morgan fingerprint density at radius 1 is 0.700 bits per heavy atom. The number of nitrogens with zero attached hydrogens (tertiary/aromatic N) is 2. The van der Waals surface area contributed by atoms with Gasteiger partial charge in [-0.25, -0.2) is 0 Å². The minimum absolute atomic E-state index is 0.263. The Morgan fingerprint density at radius 2 is 1.23 bits per heavy atom. The van der Waals surface area contributed by atoms with Crippen LogP contribution in [-0.2, 0) is 5.41 Å². The fourth-order valence-corrected chi connectivity index (χ4v) is 9.00. The lowest BCUT2D eigenvalue weighted by molar-refractivity contribution is -0.00522. The van der Waals surface area contributed by atoms with Gasteiger partial charge in [0.1, 0.15) is 18.5 Å². The Balaban J connectivity index is 0.909. The number of rotatable bonds is 9. The highest BCUT2D eigenvalue weighted by molar-refractivity contribution is 5.35. The van der Waals surface area contributed by atoms with Crippen molar-refractivity contribution in [3.63, 3.8) is 0 Å². The zero-order chi connectivity index (χ0) is 26.9. The van der Waals surface area contributed by atoms with Gasteiger partial charge < -0.3 is 9.84 Å². The summed E-state index contributed by atoms with van der Waals surface area (Å²) in [6.45, 7) is 4.86. The zero-order valence-corrected chi connectivity index (χ0v) is 23.7. The molecule has 0 radical (unpaired) electrons. The molecule has 3 aromatic rings. The number of aliphatic hydroxyl groups is 1. The summed E-state index contributed by atoms with van der Waals surface area (Å²) >= 11 is 0. The predicted molar refractivity (Wildman–Crippen MR) is 161 cm³/mol. The van der Waals surface area contributed by atoms with Gasteiger partial charge in [0.15, 0.2) is 0 Å². The van der Waals surface area contributed by atoms with Crippen molar-refractivity contribution in [2.45, 2.75) is 56.1 Å². The predicted octanol–water partition coefficient (Wildman–Crippen LogP) is 6.30. The van der Waals surface area contributed by atoms with E-state index in [1.54, 1.807) is 0 Å². The van der Waals surface area contributed by atoms with Crippen molar-refractivity contribution in [2.75, 3.05) is 39.3 Å². The van der Waals surface area contributed by atoms with Crippen LogP contribution >= 0.6 is 0 Å². The van der Waals surface area contributed by atoms with Crippen LogP contribution in [0.3, 0.4) is 0 Å². The van der Waals surface area contributed by atoms with Gasteiger partial charge in [-0.1, -0.05) is 72.8 Å². The molecule has 4 nitrogen and oxygen atoms in total. The number of piperazine rings is 1. The van der Waals surface area contributed by atoms with Crippen molar-refractivity contribution in [1.82, 2.24) is 9.80 Å². The van der Waals surface area contributed by atoms with E-state index in [-0.39, 0.29) is 6.04 Å². The second-order valence-electron chi connectivity index (χ2n) is 13.2. The van der Waals surface area contributed by atoms with E-state index in [4.69, 9.17) is 4.74 Å². The Labute approximate surface area is 240 Å². The van der Waals surface area contributed by atoms with Crippen LogP contribution in [0.15, 0.2) is 84.9 Å². The summed E-state index contributed by atoms with van der Waals surface area (Å²) in [6, 6.07) is 30.9. The quantitative estimate of drug-likeness (QED) is 0.348. The summed E-state index contributed by atoms with van der Waals surface area (Å²) in [4.78, 5) is 4.96. The molecular formula is C36H44N2O2. The molecule has 1 heterocycles. The molecule has 4 heteroatoms. The van der Waals surface area contributed by atoms with Gasteiger partial charge in [0.25, 0.3) is 0 Å². The number of aliphatic hydroxyl groups excluding tert-OH is 1. The summed E-state index contributed by atoms with van der Waals surface area (Å²) in [5.74, 6) is 3.76. The van der Waals surface area contributed by atoms with Crippen molar-refractivity contribution in [1.29, 1.82) is 0 Å². The lowest BCUT2D eigenvalue weighted by atomic mass is 9.48. The smallest absolute Gasteiger partial charge is 0.119 e. The molecule has 8 rings (SSSR count). The van der Waals surface area contributed by atoms with E-state index in [0.29, 0.717) is 18.6 Å². The van der Waals surface area contributed by atoms with E-state index >= 15 is 0 Å². The topological polar surface area (TPSA) is 35.9 Å². The molecule has 4 saturated carbocycles. The Kier molecular flexibility index (Phi) is 7.42. The molecule has 5 fully saturated rings. The molecule has 0 aromatic heterocycles. The molecule has 1 aliphatic heterocycles. The van der Waals surface area contributed by atoms with Gasteiger partial charge in [0.2, 0.25) is 0 Å². The van der Waals surface area contributed by atoms with Crippen LogP contribution in [0, 0.1) is 17.8 Å². The molecule has 4 bridgehead atoms. The fraction of sp³-hybridized carbons (Fsp3) is 0.500. The standard InChI is InChI=1S/C36H44N2O2/c39-33(26-40-34-13-11-32(12-14-34)36-22-27-19-28(23-36)21-29(20-27)24-36)25-37-15-17-38(18-16-37)35(30-7-3-1-4-8-30)31-9-5-2-6-10-31/h1-14,27-29,33,35,39H,15-26H2/t27?,28?,29?,33-,36?/m0/s1. The first kappa shape index (κ1) is 26.3. The normalized spacial score (nSPS) is 29.1. The molecule has 1 saturated heterocycles. The third kappa shape index (κ3) is 5.46. The monoisotopic (exact) mass is 536 g/mol. The molecule has 1 N–H and O–H groups in total. The third-order valence-electron chi connectivity index (χ3n) is 10.4. The van der Waals surface area contributed by atoms with Crippen molar-refractivity contribution in [3.05, 3.63) is 102 Å². The van der Waals surface area contributed by atoms with Crippen molar-refractivity contribution in [3.8, 4) is 5.75 Å². The van der Waals surface area contributed by atoms with E-state index in [1.165, 1.54) is 55.2 Å². The lowest BCUT2D eigenvalue weighted by Crippen LogP contribution is -2.50. The first-order valence-electron chi connectivity index (χ1n) is 15.6. The third-order valence-corrected chi connectivity index (χ3v) is 10.4. The SMILES string of the molecule is O[C@H](COc1ccc(C23CC4CC(CC(C4)C2)C3)cc1)CN1CCN(C(c2ccccc2)c2ccccc2)CC1. The van der Waals surface area contributed by atoms with Crippen LogP contribution in [0.4, 0.5) is 0 Å². The Hall–Kier alpha value is -2.66. The van der Waals surface area contributed by atoms with Crippen molar-refractivity contribution in [2.24, 2.45) is 17.8 Å². The van der Waals surface area contributed by atoms with Gasteiger partial charge >= 0.3 is 0 Å². The van der Waals surface area contributed by atoms with Crippen LogP contribution < -0.4 is 4.74 Å². The molecule has 210 valence electrons. The summed E-state index contributed by atoms with van der Waals surface area (Å²) in [7, 11) is 0. The molecule has 40 heavy (non-hydrogen) atoms. The first-order valence-corrected chi connectivity index (χ1v) is 15.6. The molecular weight excluding hydrogens is 492 g/mol. The van der Waals surface area contributed by atoms with Gasteiger partial charge in [-0.2, -0.15) is 0 Å². The van der Waals surface area contributed by atoms with Crippen LogP contribution in [0.2, 0.25) is 0 Å². The molecule has 1 atom stereocenters.